The van der Waals surface area contributed by atoms with Crippen LogP contribution in [0.25, 0.3) is 0 Å². The van der Waals surface area contributed by atoms with Crippen LogP contribution < -0.4 is 0 Å². The van der Waals surface area contributed by atoms with E-state index < -0.39 is 0 Å². The highest BCUT2D eigenvalue weighted by molar-refractivity contribution is 7.97. The van der Waals surface area contributed by atoms with Gasteiger partial charge in [-0.05, 0) is 52.5 Å². The predicted molar refractivity (Wildman–Crippen MR) is 108 cm³/mol. The lowest BCUT2D eigenvalue weighted by Crippen LogP contribution is -2.50. The summed E-state index contributed by atoms with van der Waals surface area (Å²) in [6.45, 7) is 13.1. The molecule has 0 spiro atoms. The highest BCUT2D eigenvalue weighted by Gasteiger charge is 2.38. The van der Waals surface area contributed by atoms with Crippen molar-refractivity contribution in [2.45, 2.75) is 70.4 Å². The summed E-state index contributed by atoms with van der Waals surface area (Å²) in [7, 11) is 0. The maximum Gasteiger partial charge on any atom is 0.0809 e. The maximum absolute atomic E-state index is 6.40. The van der Waals surface area contributed by atoms with Gasteiger partial charge in [0.15, 0.2) is 0 Å². The summed E-state index contributed by atoms with van der Waals surface area (Å²) in [5.41, 5.74) is -0.148. The van der Waals surface area contributed by atoms with Gasteiger partial charge >= 0.3 is 0 Å². The van der Waals surface area contributed by atoms with Crippen LogP contribution in [-0.2, 0) is 0 Å². The Hall–Kier alpha value is 0.980. The minimum Gasteiger partial charge on any atom is -0.235 e. The van der Waals surface area contributed by atoms with Gasteiger partial charge in [-0.1, -0.05) is 71.9 Å². The van der Waals surface area contributed by atoms with Crippen molar-refractivity contribution >= 4 is 70.0 Å². The molecule has 1 nitrogen and oxygen atoms in total. The van der Waals surface area contributed by atoms with E-state index in [-0.39, 0.29) is 26.1 Å². The third-order valence-corrected chi connectivity index (χ3v) is 8.44. The van der Waals surface area contributed by atoms with Gasteiger partial charge in [-0.15, -0.1) is 0 Å². The lowest BCUT2D eigenvalue weighted by atomic mass is 9.93. The number of rotatable bonds is 6. The molecule has 0 heterocycles. The normalized spacial score (nSPS) is 13.0. The summed E-state index contributed by atoms with van der Waals surface area (Å²) < 4.78 is 2.31. The van der Waals surface area contributed by atoms with Crippen LogP contribution in [0.3, 0.4) is 0 Å². The first kappa shape index (κ1) is 22.0. The first-order chi connectivity index (χ1) is 10.4. The molecule has 0 N–H and O–H groups in total. The van der Waals surface area contributed by atoms with E-state index in [0.717, 1.165) is 12.8 Å². The molecule has 0 saturated carbocycles. The number of benzene rings is 1. The van der Waals surface area contributed by atoms with Crippen LogP contribution in [0.15, 0.2) is 4.90 Å². The lowest BCUT2D eigenvalue weighted by Gasteiger charge is -2.47. The number of hydrogen-bond acceptors (Lipinski definition) is 2. The maximum atomic E-state index is 6.40. The van der Waals surface area contributed by atoms with E-state index in [9.17, 15) is 0 Å². The Kier molecular flexibility index (Phi) is 7.77. The van der Waals surface area contributed by atoms with E-state index in [1.165, 1.54) is 11.9 Å². The molecular formula is C16H22Cl5NS. The number of hydrogen-bond donors (Lipinski definition) is 0. The van der Waals surface area contributed by atoms with E-state index in [1.807, 2.05) is 0 Å². The number of halogens is 5. The summed E-state index contributed by atoms with van der Waals surface area (Å²) in [4.78, 5) is 0.635. The first-order valence-corrected chi connectivity index (χ1v) is 10.1. The van der Waals surface area contributed by atoms with Crippen LogP contribution in [0.4, 0.5) is 0 Å². The Morgan fingerprint density at radius 2 is 1.00 bits per heavy atom. The molecule has 1 aromatic rings. The van der Waals surface area contributed by atoms with Crippen LogP contribution >= 0.6 is 70.0 Å². The molecule has 0 fully saturated rings. The molecule has 0 saturated heterocycles. The van der Waals surface area contributed by atoms with Gasteiger partial charge in [0.2, 0.25) is 0 Å². The summed E-state index contributed by atoms with van der Waals surface area (Å²) in [5, 5.41) is 1.31. The summed E-state index contributed by atoms with van der Waals surface area (Å²) >= 11 is 32.8. The van der Waals surface area contributed by atoms with Crippen LogP contribution in [0, 0.1) is 0 Å². The molecule has 0 aliphatic heterocycles. The molecule has 1 aromatic carbocycles. The van der Waals surface area contributed by atoms with Crippen molar-refractivity contribution in [3.63, 3.8) is 0 Å². The molecule has 1 rings (SSSR count). The van der Waals surface area contributed by atoms with Crippen molar-refractivity contribution in [1.29, 1.82) is 0 Å². The Labute approximate surface area is 169 Å². The first-order valence-electron chi connectivity index (χ1n) is 7.40. The zero-order valence-corrected chi connectivity index (χ0v) is 18.8. The second-order valence-electron chi connectivity index (χ2n) is 6.62. The van der Waals surface area contributed by atoms with E-state index in [0.29, 0.717) is 14.9 Å². The van der Waals surface area contributed by atoms with Gasteiger partial charge in [-0.3, -0.25) is 0 Å². The van der Waals surface area contributed by atoms with E-state index in [4.69, 9.17) is 58.0 Å². The fourth-order valence-electron chi connectivity index (χ4n) is 2.11. The highest BCUT2D eigenvalue weighted by atomic mass is 35.5. The Morgan fingerprint density at radius 3 is 1.30 bits per heavy atom. The molecule has 0 bridgehead atoms. The molecule has 0 aromatic heterocycles. The Morgan fingerprint density at radius 1 is 0.696 bits per heavy atom. The van der Waals surface area contributed by atoms with Gasteiger partial charge in [0.05, 0.1) is 30.0 Å². The van der Waals surface area contributed by atoms with Gasteiger partial charge in [0.1, 0.15) is 0 Å². The SMILES string of the molecule is CCC(C)(C)N(Sc1c(Cl)c(Cl)c(Cl)c(Cl)c1Cl)C(C)(C)CC. The van der Waals surface area contributed by atoms with Crippen molar-refractivity contribution in [3.05, 3.63) is 25.1 Å². The molecule has 7 heteroatoms. The summed E-state index contributed by atoms with van der Waals surface area (Å²) in [6, 6.07) is 0. The summed E-state index contributed by atoms with van der Waals surface area (Å²) in [6.07, 6.45) is 1.93. The summed E-state index contributed by atoms with van der Waals surface area (Å²) in [5.74, 6) is 0. The standard InChI is InChI=1S/C16H22Cl5NS/c1-7-15(3,4)22(16(5,6)8-2)23-14-12(20)10(18)9(17)11(19)13(14)21/h7-8H2,1-6H3. The van der Waals surface area contributed by atoms with Gasteiger partial charge in [0, 0.05) is 11.1 Å². The van der Waals surface area contributed by atoms with Crippen LogP contribution in [-0.4, -0.2) is 15.4 Å². The topological polar surface area (TPSA) is 3.24 Å². The largest absolute Gasteiger partial charge is 0.235 e. The molecule has 0 radical (unpaired) electrons. The molecule has 23 heavy (non-hydrogen) atoms. The van der Waals surface area contributed by atoms with Gasteiger partial charge in [0.25, 0.3) is 0 Å². The van der Waals surface area contributed by atoms with E-state index in [2.05, 4.69) is 45.8 Å². The fraction of sp³-hybridized carbons (Fsp3) is 0.625. The third-order valence-electron chi connectivity index (χ3n) is 4.18. The van der Waals surface area contributed by atoms with Crippen molar-refractivity contribution in [1.82, 2.24) is 4.31 Å². The minimum absolute atomic E-state index is 0.0740. The quantitative estimate of drug-likeness (QED) is 0.249. The Bertz CT molecular complexity index is 541. The van der Waals surface area contributed by atoms with E-state index >= 15 is 0 Å². The molecule has 0 unspecified atom stereocenters. The minimum atomic E-state index is -0.0740. The monoisotopic (exact) mass is 435 g/mol. The van der Waals surface area contributed by atoms with Crippen molar-refractivity contribution < 1.29 is 0 Å². The molecule has 0 aliphatic rings. The Balaban J connectivity index is 3.47. The molecule has 0 aliphatic carbocycles. The predicted octanol–water partition coefficient (Wildman–Crippen LogP) is 8.64. The molecule has 0 amide bonds. The van der Waals surface area contributed by atoms with Crippen LogP contribution in [0.5, 0.6) is 0 Å². The fourth-order valence-corrected chi connectivity index (χ4v) is 4.87. The number of nitrogens with zero attached hydrogens (tertiary/aromatic N) is 1. The van der Waals surface area contributed by atoms with Gasteiger partial charge in [-0.2, -0.15) is 0 Å². The lowest BCUT2D eigenvalue weighted by molar-refractivity contribution is 0.119. The molecule has 132 valence electrons. The van der Waals surface area contributed by atoms with Crippen molar-refractivity contribution in [3.8, 4) is 0 Å². The van der Waals surface area contributed by atoms with Gasteiger partial charge < -0.3 is 0 Å². The van der Waals surface area contributed by atoms with Crippen LogP contribution in [0.1, 0.15) is 54.4 Å². The third kappa shape index (κ3) is 4.58. The van der Waals surface area contributed by atoms with E-state index in [1.54, 1.807) is 0 Å². The van der Waals surface area contributed by atoms with Crippen molar-refractivity contribution in [2.75, 3.05) is 0 Å². The average Bonchev–Trinajstić information content (AvgIpc) is 2.50. The van der Waals surface area contributed by atoms with Crippen molar-refractivity contribution in [2.24, 2.45) is 0 Å². The highest BCUT2D eigenvalue weighted by Crippen LogP contribution is 2.51. The molecule has 0 atom stereocenters. The zero-order valence-electron chi connectivity index (χ0n) is 14.2. The smallest absolute Gasteiger partial charge is 0.0809 e. The average molecular weight is 438 g/mol. The van der Waals surface area contributed by atoms with Gasteiger partial charge in [-0.25, -0.2) is 4.31 Å². The van der Waals surface area contributed by atoms with Crippen LogP contribution in [0.2, 0.25) is 25.1 Å². The molecular weight excluding hydrogens is 416 g/mol. The zero-order chi connectivity index (χ0) is 18.2. The second kappa shape index (κ2) is 8.12. The second-order valence-corrected chi connectivity index (χ2v) is 9.46.